The molecule has 4 atom stereocenters. The summed E-state index contributed by atoms with van der Waals surface area (Å²) >= 11 is 1.53. The topological polar surface area (TPSA) is 54.5 Å². The summed E-state index contributed by atoms with van der Waals surface area (Å²) in [4.78, 5) is 19.1. The van der Waals surface area contributed by atoms with E-state index in [2.05, 4.69) is 12.2 Å². The van der Waals surface area contributed by atoms with Crippen LogP contribution in [0.1, 0.15) is 74.3 Å². The van der Waals surface area contributed by atoms with Gasteiger partial charge in [0, 0.05) is 23.4 Å². The summed E-state index contributed by atoms with van der Waals surface area (Å²) in [5, 5.41) is 7.48. The van der Waals surface area contributed by atoms with Gasteiger partial charge in [-0.3, -0.25) is 4.90 Å². The molecule has 0 bridgehead atoms. The highest BCUT2D eigenvalue weighted by atomic mass is 32.1. The molecule has 0 spiro atoms. The maximum absolute atomic E-state index is 13.5. The minimum absolute atomic E-state index is 0.0123. The normalized spacial score (nSPS) is 23.2. The van der Waals surface area contributed by atoms with Crippen LogP contribution in [0.5, 0.6) is 0 Å². The lowest BCUT2D eigenvalue weighted by Gasteiger charge is -2.33. The molecule has 2 aromatic heterocycles. The van der Waals surface area contributed by atoms with Gasteiger partial charge in [-0.2, -0.15) is 37.7 Å². The first-order chi connectivity index (χ1) is 19.8. The van der Waals surface area contributed by atoms with Crippen molar-refractivity contribution in [2.45, 2.75) is 83.0 Å². The van der Waals surface area contributed by atoms with Crippen molar-refractivity contribution in [1.82, 2.24) is 9.88 Å². The van der Waals surface area contributed by atoms with Crippen molar-refractivity contribution in [3.8, 4) is 11.1 Å². The Kier molecular flexibility index (Phi) is 8.46. The molecule has 3 aromatic rings. The van der Waals surface area contributed by atoms with Crippen LogP contribution >= 0.6 is 11.3 Å². The molecule has 0 radical (unpaired) electrons. The Balaban J connectivity index is 1.47. The van der Waals surface area contributed by atoms with Crippen LogP contribution in [0, 0.1) is 5.92 Å². The summed E-state index contributed by atoms with van der Waals surface area (Å²) in [6, 6.07) is 4.51. The van der Waals surface area contributed by atoms with Gasteiger partial charge in [-0.1, -0.05) is 26.2 Å². The quantitative estimate of drug-likeness (QED) is 0.271. The molecule has 1 saturated heterocycles. The van der Waals surface area contributed by atoms with Crippen molar-refractivity contribution in [2.75, 3.05) is 5.32 Å². The van der Waals surface area contributed by atoms with E-state index in [0.717, 1.165) is 43.2 Å². The van der Waals surface area contributed by atoms with Crippen molar-refractivity contribution >= 4 is 23.2 Å². The maximum atomic E-state index is 13.5. The number of anilines is 1. The Morgan fingerprint density at radius 1 is 1.02 bits per heavy atom. The number of carbonyl (C=O) groups is 1. The summed E-state index contributed by atoms with van der Waals surface area (Å²) in [5.41, 5.74) is -0.808. The maximum Gasteiger partial charge on any atom is 0.416 e. The number of amides is 1. The second kappa shape index (κ2) is 11.8. The second-order valence-corrected chi connectivity index (χ2v) is 11.7. The van der Waals surface area contributed by atoms with Crippen LogP contribution in [0.3, 0.4) is 0 Å². The lowest BCUT2D eigenvalue weighted by Crippen LogP contribution is -2.34. The number of thiophene rings is 1. The lowest BCUT2D eigenvalue weighted by atomic mass is 9.83. The Bertz CT molecular complexity index is 1380. The van der Waals surface area contributed by atoms with Gasteiger partial charge in [-0.25, -0.2) is 9.78 Å². The molecular weight excluding hydrogens is 580 g/mol. The molecule has 5 nitrogen and oxygen atoms in total. The number of pyridine rings is 1. The number of aromatic nitrogens is 1. The fourth-order valence-electron chi connectivity index (χ4n) is 5.90. The second-order valence-electron chi connectivity index (χ2n) is 11.0. The van der Waals surface area contributed by atoms with E-state index >= 15 is 0 Å². The van der Waals surface area contributed by atoms with Gasteiger partial charge in [0.2, 0.25) is 0 Å². The monoisotopic (exact) mass is 611 g/mol. The Labute approximate surface area is 243 Å². The number of rotatable bonds is 7. The summed E-state index contributed by atoms with van der Waals surface area (Å²) in [5.74, 6) is 1.06. The Morgan fingerprint density at radius 3 is 2.33 bits per heavy atom. The minimum atomic E-state index is -5.01. The van der Waals surface area contributed by atoms with Crippen LogP contribution in [0.15, 0.2) is 47.3 Å². The summed E-state index contributed by atoms with van der Waals surface area (Å²) in [6.07, 6.45) is -5.07. The van der Waals surface area contributed by atoms with E-state index in [0.29, 0.717) is 29.4 Å². The zero-order valence-corrected chi connectivity index (χ0v) is 23.9. The zero-order chi connectivity index (χ0) is 30.2. The average Bonchev–Trinajstić information content (AvgIpc) is 3.58. The van der Waals surface area contributed by atoms with Crippen molar-refractivity contribution < 1.29 is 35.9 Å². The Hall–Kier alpha value is -3.28. The number of cyclic esters (lactones) is 1. The van der Waals surface area contributed by atoms with E-state index in [1.807, 2.05) is 22.9 Å². The third-order valence-electron chi connectivity index (χ3n) is 8.25. The van der Waals surface area contributed by atoms with Crippen molar-refractivity contribution in [3.05, 3.63) is 69.5 Å². The van der Waals surface area contributed by atoms with E-state index in [4.69, 9.17) is 9.72 Å². The number of halogens is 6. The molecule has 226 valence electrons. The first kappa shape index (κ1) is 30.2. The Morgan fingerprint density at radius 2 is 1.71 bits per heavy atom. The van der Waals surface area contributed by atoms with Crippen molar-refractivity contribution in [1.29, 1.82) is 0 Å². The lowest BCUT2D eigenvalue weighted by molar-refractivity contribution is -0.143. The van der Waals surface area contributed by atoms with Gasteiger partial charge in [0.15, 0.2) is 0 Å². The van der Waals surface area contributed by atoms with Crippen LogP contribution in [0.2, 0.25) is 0 Å². The molecule has 1 aliphatic carbocycles. The molecule has 1 saturated carbocycles. The van der Waals surface area contributed by atoms with Gasteiger partial charge in [-0.05, 0) is 77.9 Å². The minimum Gasteiger partial charge on any atom is -0.439 e. The first-order valence-electron chi connectivity index (χ1n) is 13.9. The van der Waals surface area contributed by atoms with Crippen LogP contribution in [0.4, 0.5) is 37.0 Å². The molecule has 1 amide bonds. The molecule has 1 aliphatic heterocycles. The number of alkyl halides is 6. The van der Waals surface area contributed by atoms with Crippen LogP contribution in [-0.4, -0.2) is 28.1 Å². The molecule has 3 heterocycles. The highest BCUT2D eigenvalue weighted by molar-refractivity contribution is 7.08. The highest BCUT2D eigenvalue weighted by Gasteiger charge is 2.43. The van der Waals surface area contributed by atoms with Gasteiger partial charge < -0.3 is 10.1 Å². The number of carbonyl (C=O) groups excluding carboxylic acids is 1. The van der Waals surface area contributed by atoms with E-state index < -0.39 is 41.7 Å². The molecule has 1 aromatic carbocycles. The van der Waals surface area contributed by atoms with Gasteiger partial charge >= 0.3 is 18.4 Å². The molecule has 2 unspecified atom stereocenters. The van der Waals surface area contributed by atoms with Crippen LogP contribution < -0.4 is 5.32 Å². The first-order valence-corrected chi connectivity index (χ1v) is 14.8. The van der Waals surface area contributed by atoms with E-state index in [9.17, 15) is 31.1 Å². The molecule has 1 N–H and O–H groups in total. The number of hydrogen-bond donors (Lipinski definition) is 1. The molecule has 12 heteroatoms. The standard InChI is InChI=1S/C30H31F6N3O2S/c1-3-18-6-4-5-7-25(18)38-27-22(10-21(14-37-27)19-8-9-42-16-19)15-39-17(2)26(41-28(39)40)20-11-23(29(31,32)33)13-24(12-20)30(34,35)36/h8-14,16-18,25-26H,3-7,15H2,1-2H3,(H,37,38)/t17-,18?,25?,26-/m0/s1. The van der Waals surface area contributed by atoms with Crippen molar-refractivity contribution in [2.24, 2.45) is 5.92 Å². The average molecular weight is 612 g/mol. The molecule has 42 heavy (non-hydrogen) atoms. The zero-order valence-electron chi connectivity index (χ0n) is 23.1. The number of nitrogens with one attached hydrogen (secondary N) is 1. The largest absolute Gasteiger partial charge is 0.439 e. The third kappa shape index (κ3) is 6.38. The molecule has 2 aliphatic rings. The van der Waals surface area contributed by atoms with Crippen LogP contribution in [0.25, 0.3) is 11.1 Å². The molecule has 5 rings (SSSR count). The SMILES string of the molecule is CCC1CCCCC1Nc1ncc(-c2ccsc2)cc1CN1C(=O)O[C@H](c2cc(C(F)(F)F)cc(C(F)(F)F)c2)[C@@H]1C. The van der Waals surface area contributed by atoms with Crippen LogP contribution in [-0.2, 0) is 23.6 Å². The van der Waals surface area contributed by atoms with Gasteiger partial charge in [-0.15, -0.1) is 0 Å². The third-order valence-corrected chi connectivity index (χ3v) is 8.93. The van der Waals surface area contributed by atoms with Crippen molar-refractivity contribution in [3.63, 3.8) is 0 Å². The summed E-state index contributed by atoms with van der Waals surface area (Å²) in [7, 11) is 0. The smallest absolute Gasteiger partial charge is 0.416 e. The fourth-order valence-corrected chi connectivity index (χ4v) is 6.56. The number of hydrogen-bond acceptors (Lipinski definition) is 5. The van der Waals surface area contributed by atoms with Gasteiger partial charge in [0.05, 0.1) is 23.7 Å². The van der Waals surface area contributed by atoms with Gasteiger partial charge in [0.1, 0.15) is 11.9 Å². The predicted molar refractivity (Wildman–Crippen MR) is 148 cm³/mol. The number of nitrogens with zero attached hydrogens (tertiary/aromatic N) is 2. The van der Waals surface area contributed by atoms with E-state index in [-0.39, 0.29) is 24.2 Å². The van der Waals surface area contributed by atoms with Gasteiger partial charge in [0.25, 0.3) is 0 Å². The summed E-state index contributed by atoms with van der Waals surface area (Å²) < 4.78 is 86.5. The number of benzene rings is 1. The highest BCUT2D eigenvalue weighted by Crippen LogP contribution is 2.41. The predicted octanol–water partition coefficient (Wildman–Crippen LogP) is 9.31. The van der Waals surface area contributed by atoms with E-state index in [1.165, 1.54) is 16.2 Å². The molecule has 2 fully saturated rings. The summed E-state index contributed by atoms with van der Waals surface area (Å²) in [6.45, 7) is 3.72. The fraction of sp³-hybridized carbons (Fsp3) is 0.467. The number of ether oxygens (including phenoxy) is 1. The van der Waals surface area contributed by atoms with E-state index in [1.54, 1.807) is 13.1 Å². The molecular formula is C30H31F6N3O2S.